The van der Waals surface area contributed by atoms with Gasteiger partial charge < -0.3 is 20.7 Å². The predicted octanol–water partition coefficient (Wildman–Crippen LogP) is 5.03. The van der Waals surface area contributed by atoms with Crippen LogP contribution in [0, 0.1) is 13.8 Å². The first-order valence-electron chi connectivity index (χ1n) is 10.1. The van der Waals surface area contributed by atoms with Crippen LogP contribution in [0.25, 0.3) is 0 Å². The molecule has 0 aliphatic rings. The Morgan fingerprint density at radius 3 is 2.16 bits per heavy atom. The second kappa shape index (κ2) is 10.3. The van der Waals surface area contributed by atoms with Crippen molar-refractivity contribution in [3.8, 4) is 5.75 Å². The zero-order chi connectivity index (χ0) is 22.2. The highest BCUT2D eigenvalue weighted by atomic mass is 16.5. The number of urea groups is 1. The van der Waals surface area contributed by atoms with E-state index in [1.165, 1.54) is 0 Å². The Kier molecular flexibility index (Phi) is 7.27. The lowest BCUT2D eigenvalue weighted by Crippen LogP contribution is -2.35. The van der Waals surface area contributed by atoms with E-state index in [4.69, 9.17) is 4.74 Å². The number of ether oxygens (including phenoxy) is 1. The fraction of sp³-hybridized carbons (Fsp3) is 0.200. The van der Waals surface area contributed by atoms with Gasteiger partial charge in [0.15, 0.2) is 6.10 Å². The Bertz CT molecular complexity index is 1050. The molecule has 3 N–H and O–H groups in total. The van der Waals surface area contributed by atoms with Gasteiger partial charge in [-0.05, 0) is 68.3 Å². The molecule has 31 heavy (non-hydrogen) atoms. The molecule has 0 aliphatic carbocycles. The highest BCUT2D eigenvalue weighted by Crippen LogP contribution is 2.15. The Labute approximate surface area is 182 Å². The summed E-state index contributed by atoms with van der Waals surface area (Å²) in [5.74, 6) is 0.440. The number of anilines is 2. The van der Waals surface area contributed by atoms with E-state index in [1.807, 2.05) is 80.6 Å². The van der Waals surface area contributed by atoms with Crippen molar-refractivity contribution >= 4 is 23.3 Å². The van der Waals surface area contributed by atoms with Gasteiger partial charge in [-0.3, -0.25) is 4.79 Å². The molecule has 0 bridgehead atoms. The number of carbonyl (C=O) groups is 2. The van der Waals surface area contributed by atoms with Gasteiger partial charge in [0, 0.05) is 17.9 Å². The summed E-state index contributed by atoms with van der Waals surface area (Å²) in [4.78, 5) is 24.6. The van der Waals surface area contributed by atoms with Gasteiger partial charge >= 0.3 is 6.03 Å². The molecule has 0 aliphatic heterocycles. The van der Waals surface area contributed by atoms with Crippen LogP contribution in [0.4, 0.5) is 16.2 Å². The van der Waals surface area contributed by atoms with Crippen molar-refractivity contribution in [3.63, 3.8) is 0 Å². The standard InChI is InChI=1S/C25H27N3O3/c1-17-10-12-23(13-11-17)31-19(3)24(29)26-16-20-7-5-9-22(15-20)28-25(30)27-21-8-4-6-18(2)14-21/h4-15,19H,16H2,1-3H3,(H,26,29)(H2,27,28,30). The molecule has 3 amide bonds. The first-order valence-corrected chi connectivity index (χ1v) is 10.1. The second-order valence-electron chi connectivity index (χ2n) is 7.44. The number of benzene rings is 3. The highest BCUT2D eigenvalue weighted by molar-refractivity contribution is 5.99. The Balaban J connectivity index is 1.50. The maximum Gasteiger partial charge on any atom is 0.323 e. The molecule has 0 saturated carbocycles. The zero-order valence-electron chi connectivity index (χ0n) is 17.9. The van der Waals surface area contributed by atoms with Crippen LogP contribution >= 0.6 is 0 Å². The fourth-order valence-corrected chi connectivity index (χ4v) is 2.98. The third-order valence-corrected chi connectivity index (χ3v) is 4.63. The van der Waals surface area contributed by atoms with Crippen LogP contribution in [0.15, 0.2) is 72.8 Å². The molecule has 0 fully saturated rings. The van der Waals surface area contributed by atoms with E-state index in [0.29, 0.717) is 18.0 Å². The molecule has 0 radical (unpaired) electrons. The summed E-state index contributed by atoms with van der Waals surface area (Å²) in [6, 6.07) is 22.1. The largest absolute Gasteiger partial charge is 0.481 e. The van der Waals surface area contributed by atoms with Gasteiger partial charge in [-0.1, -0.05) is 42.0 Å². The topological polar surface area (TPSA) is 79.5 Å². The van der Waals surface area contributed by atoms with Crippen LogP contribution in [-0.4, -0.2) is 18.0 Å². The lowest BCUT2D eigenvalue weighted by atomic mass is 10.2. The molecule has 160 valence electrons. The first-order chi connectivity index (χ1) is 14.9. The summed E-state index contributed by atoms with van der Waals surface area (Å²) in [6.45, 7) is 6.00. The van der Waals surface area contributed by atoms with E-state index >= 15 is 0 Å². The normalized spacial score (nSPS) is 11.3. The Morgan fingerprint density at radius 1 is 0.839 bits per heavy atom. The molecule has 0 heterocycles. The molecular weight excluding hydrogens is 390 g/mol. The van der Waals surface area contributed by atoms with Crippen LogP contribution in [0.2, 0.25) is 0 Å². The van der Waals surface area contributed by atoms with Gasteiger partial charge in [-0.15, -0.1) is 0 Å². The molecule has 0 aromatic heterocycles. The van der Waals surface area contributed by atoms with E-state index in [2.05, 4.69) is 16.0 Å². The van der Waals surface area contributed by atoms with Crippen molar-refractivity contribution in [3.05, 3.63) is 89.5 Å². The number of rotatable bonds is 7. The molecule has 1 atom stereocenters. The lowest BCUT2D eigenvalue weighted by molar-refractivity contribution is -0.127. The van der Waals surface area contributed by atoms with E-state index in [9.17, 15) is 9.59 Å². The Morgan fingerprint density at radius 2 is 1.48 bits per heavy atom. The van der Waals surface area contributed by atoms with Crippen molar-refractivity contribution in [2.75, 3.05) is 10.6 Å². The Hall–Kier alpha value is -3.80. The summed E-state index contributed by atoms with van der Waals surface area (Å²) in [5.41, 5.74) is 4.43. The predicted molar refractivity (Wildman–Crippen MR) is 123 cm³/mol. The molecule has 3 aromatic rings. The van der Waals surface area contributed by atoms with E-state index in [1.54, 1.807) is 13.0 Å². The van der Waals surface area contributed by atoms with E-state index in [-0.39, 0.29) is 11.9 Å². The molecule has 0 spiro atoms. The van der Waals surface area contributed by atoms with Crippen molar-refractivity contribution < 1.29 is 14.3 Å². The van der Waals surface area contributed by atoms with Gasteiger partial charge in [0.25, 0.3) is 5.91 Å². The van der Waals surface area contributed by atoms with E-state index < -0.39 is 6.10 Å². The number of nitrogens with one attached hydrogen (secondary N) is 3. The van der Waals surface area contributed by atoms with Gasteiger partial charge in [0.2, 0.25) is 0 Å². The SMILES string of the molecule is Cc1ccc(OC(C)C(=O)NCc2cccc(NC(=O)Nc3cccc(C)c3)c2)cc1. The zero-order valence-corrected chi connectivity index (χ0v) is 17.9. The minimum atomic E-state index is -0.621. The number of aryl methyl sites for hydroxylation is 2. The minimum Gasteiger partial charge on any atom is -0.481 e. The molecule has 1 unspecified atom stereocenters. The van der Waals surface area contributed by atoms with E-state index in [0.717, 1.165) is 22.4 Å². The molecule has 3 aromatic carbocycles. The van der Waals surface area contributed by atoms with Crippen molar-refractivity contribution in [1.82, 2.24) is 5.32 Å². The maximum absolute atomic E-state index is 12.4. The van der Waals surface area contributed by atoms with Gasteiger partial charge in [-0.25, -0.2) is 4.79 Å². The molecular formula is C25H27N3O3. The summed E-state index contributed by atoms with van der Waals surface area (Å²) in [7, 11) is 0. The highest BCUT2D eigenvalue weighted by Gasteiger charge is 2.14. The average molecular weight is 418 g/mol. The smallest absolute Gasteiger partial charge is 0.323 e. The summed E-state index contributed by atoms with van der Waals surface area (Å²) < 4.78 is 5.68. The number of carbonyl (C=O) groups excluding carboxylic acids is 2. The van der Waals surface area contributed by atoms with Crippen LogP contribution in [0.3, 0.4) is 0 Å². The third kappa shape index (κ3) is 6.89. The lowest BCUT2D eigenvalue weighted by Gasteiger charge is -2.15. The summed E-state index contributed by atoms with van der Waals surface area (Å²) in [5, 5.41) is 8.48. The second-order valence-corrected chi connectivity index (χ2v) is 7.44. The molecule has 6 heteroatoms. The average Bonchev–Trinajstić information content (AvgIpc) is 2.74. The quantitative estimate of drug-likeness (QED) is 0.504. The van der Waals surface area contributed by atoms with Crippen LogP contribution in [-0.2, 0) is 11.3 Å². The molecule has 0 saturated heterocycles. The van der Waals surface area contributed by atoms with Crippen molar-refractivity contribution in [1.29, 1.82) is 0 Å². The van der Waals surface area contributed by atoms with Gasteiger partial charge in [0.1, 0.15) is 5.75 Å². The maximum atomic E-state index is 12.4. The summed E-state index contributed by atoms with van der Waals surface area (Å²) in [6.07, 6.45) is -0.621. The van der Waals surface area contributed by atoms with Gasteiger partial charge in [0.05, 0.1) is 0 Å². The number of hydrogen-bond donors (Lipinski definition) is 3. The van der Waals surface area contributed by atoms with Crippen molar-refractivity contribution in [2.45, 2.75) is 33.4 Å². The molecule has 6 nitrogen and oxygen atoms in total. The number of hydrogen-bond acceptors (Lipinski definition) is 3. The van der Waals surface area contributed by atoms with Crippen LogP contribution < -0.4 is 20.7 Å². The monoisotopic (exact) mass is 417 g/mol. The van der Waals surface area contributed by atoms with Crippen LogP contribution in [0.1, 0.15) is 23.6 Å². The third-order valence-electron chi connectivity index (χ3n) is 4.63. The fourth-order valence-electron chi connectivity index (χ4n) is 2.98. The summed E-state index contributed by atoms with van der Waals surface area (Å²) >= 11 is 0. The molecule has 3 rings (SSSR count). The van der Waals surface area contributed by atoms with Crippen molar-refractivity contribution in [2.24, 2.45) is 0 Å². The number of amides is 3. The van der Waals surface area contributed by atoms with Crippen LogP contribution in [0.5, 0.6) is 5.75 Å². The van der Waals surface area contributed by atoms with Gasteiger partial charge in [-0.2, -0.15) is 0 Å². The first kappa shape index (κ1) is 21.9. The minimum absolute atomic E-state index is 0.212.